The maximum Gasteiger partial charge on any atom is 0.0951 e. The van der Waals surface area contributed by atoms with E-state index in [1.54, 1.807) is 6.33 Å². The van der Waals surface area contributed by atoms with Gasteiger partial charge in [-0.05, 0) is 12.1 Å². The minimum absolute atomic E-state index is 1.00. The Morgan fingerprint density at radius 3 is 2.85 bits per heavy atom. The minimum Gasteiger partial charge on any atom is -0.340 e. The Balaban J connectivity index is 2.46. The van der Waals surface area contributed by atoms with Crippen molar-refractivity contribution >= 4 is 15.9 Å². The second-order valence-electron chi connectivity index (χ2n) is 2.93. The fourth-order valence-corrected chi connectivity index (χ4v) is 1.61. The molecule has 13 heavy (non-hydrogen) atoms. The summed E-state index contributed by atoms with van der Waals surface area (Å²) in [7, 11) is 1.97. The summed E-state index contributed by atoms with van der Waals surface area (Å²) in [5, 5.41) is 0. The van der Waals surface area contributed by atoms with Gasteiger partial charge in [-0.15, -0.1) is 0 Å². The molecule has 2 nitrogen and oxygen atoms in total. The molecule has 66 valence electrons. The number of hydrogen-bond donors (Lipinski definition) is 0. The van der Waals surface area contributed by atoms with Gasteiger partial charge in [0.15, 0.2) is 0 Å². The lowest BCUT2D eigenvalue weighted by Crippen LogP contribution is -1.78. The molecule has 0 aliphatic rings. The van der Waals surface area contributed by atoms with Crippen molar-refractivity contribution in [2.75, 3.05) is 0 Å². The number of nitrogens with zero attached hydrogens (tertiary/aromatic N) is 2. The van der Waals surface area contributed by atoms with Crippen LogP contribution in [0.2, 0.25) is 0 Å². The first-order valence-electron chi connectivity index (χ1n) is 3.99. The zero-order valence-corrected chi connectivity index (χ0v) is 8.82. The zero-order chi connectivity index (χ0) is 9.26. The normalized spacial score (nSPS) is 10.3. The lowest BCUT2D eigenvalue weighted by Gasteiger charge is -1.96. The molecule has 0 fully saturated rings. The van der Waals surface area contributed by atoms with Crippen LogP contribution < -0.4 is 0 Å². The molecular formula is C10H9BrN2. The molecule has 2 aromatic rings. The van der Waals surface area contributed by atoms with Crippen molar-refractivity contribution in [3.8, 4) is 11.3 Å². The molecule has 3 heteroatoms. The summed E-state index contributed by atoms with van der Waals surface area (Å²) in [4.78, 5) is 4.27. The standard InChI is InChI=1S/C10H9BrN2/c1-13-6-10(12-7-13)8-3-2-4-9(11)5-8/h2-7H,1H3. The van der Waals surface area contributed by atoms with Crippen molar-refractivity contribution in [3.05, 3.63) is 41.3 Å². The number of imidazole rings is 1. The predicted octanol–water partition coefficient (Wildman–Crippen LogP) is 2.85. The molecule has 1 heterocycles. The number of benzene rings is 1. The summed E-state index contributed by atoms with van der Waals surface area (Å²) in [6.07, 6.45) is 3.80. The van der Waals surface area contributed by atoms with Crippen LogP contribution in [0.5, 0.6) is 0 Å². The molecule has 0 aliphatic heterocycles. The maximum atomic E-state index is 4.27. The van der Waals surface area contributed by atoms with Gasteiger partial charge < -0.3 is 4.57 Å². The van der Waals surface area contributed by atoms with Crippen LogP contribution in [0.1, 0.15) is 0 Å². The highest BCUT2D eigenvalue weighted by Gasteiger charge is 1.99. The average Bonchev–Trinajstić information content (AvgIpc) is 2.52. The van der Waals surface area contributed by atoms with Gasteiger partial charge in [-0.25, -0.2) is 4.98 Å². The van der Waals surface area contributed by atoms with E-state index >= 15 is 0 Å². The molecule has 2 rings (SSSR count). The van der Waals surface area contributed by atoms with Crippen LogP contribution in [0.3, 0.4) is 0 Å². The fourth-order valence-electron chi connectivity index (χ4n) is 1.21. The van der Waals surface area contributed by atoms with Crippen LogP contribution >= 0.6 is 15.9 Å². The topological polar surface area (TPSA) is 17.8 Å². The average molecular weight is 237 g/mol. The van der Waals surface area contributed by atoms with Gasteiger partial charge in [0.25, 0.3) is 0 Å². The van der Waals surface area contributed by atoms with Crippen LogP contribution in [0, 0.1) is 0 Å². The first-order valence-corrected chi connectivity index (χ1v) is 4.79. The second kappa shape index (κ2) is 3.34. The Bertz CT molecular complexity index is 420. The predicted molar refractivity (Wildman–Crippen MR) is 56.3 cm³/mol. The van der Waals surface area contributed by atoms with Crippen molar-refractivity contribution in [2.24, 2.45) is 7.05 Å². The van der Waals surface area contributed by atoms with Gasteiger partial charge in [-0.2, -0.15) is 0 Å². The molecule has 0 atom stereocenters. The van der Waals surface area contributed by atoms with E-state index in [1.165, 1.54) is 0 Å². The first-order chi connectivity index (χ1) is 6.25. The van der Waals surface area contributed by atoms with Crippen molar-refractivity contribution in [3.63, 3.8) is 0 Å². The quantitative estimate of drug-likeness (QED) is 0.745. The van der Waals surface area contributed by atoms with Crippen LogP contribution in [-0.2, 0) is 7.05 Å². The molecule has 0 N–H and O–H groups in total. The number of halogens is 1. The molecule has 0 amide bonds. The summed E-state index contributed by atoms with van der Waals surface area (Å²) in [5.41, 5.74) is 2.14. The number of hydrogen-bond acceptors (Lipinski definition) is 1. The van der Waals surface area contributed by atoms with E-state index in [0.29, 0.717) is 0 Å². The maximum absolute atomic E-state index is 4.27. The van der Waals surface area contributed by atoms with E-state index in [2.05, 4.69) is 27.0 Å². The van der Waals surface area contributed by atoms with Gasteiger partial charge in [0.2, 0.25) is 0 Å². The minimum atomic E-state index is 1.00. The van der Waals surface area contributed by atoms with Gasteiger partial charge in [0.05, 0.1) is 12.0 Å². The SMILES string of the molecule is Cn1cnc(-c2cccc(Br)c2)c1. The molecule has 0 unspecified atom stereocenters. The number of rotatable bonds is 1. The van der Waals surface area contributed by atoms with Crippen LogP contribution in [0.15, 0.2) is 41.3 Å². The molecule has 0 radical (unpaired) electrons. The van der Waals surface area contributed by atoms with Crippen LogP contribution in [0.25, 0.3) is 11.3 Å². The second-order valence-corrected chi connectivity index (χ2v) is 3.85. The van der Waals surface area contributed by atoms with Crippen molar-refractivity contribution in [2.45, 2.75) is 0 Å². The third-order valence-electron chi connectivity index (χ3n) is 1.83. The van der Waals surface area contributed by atoms with Crippen LogP contribution in [0.4, 0.5) is 0 Å². The van der Waals surface area contributed by atoms with Gasteiger partial charge in [0.1, 0.15) is 0 Å². The van der Waals surface area contributed by atoms with Crippen molar-refractivity contribution in [1.29, 1.82) is 0 Å². The smallest absolute Gasteiger partial charge is 0.0951 e. The van der Waals surface area contributed by atoms with Gasteiger partial charge in [0, 0.05) is 23.3 Å². The summed E-state index contributed by atoms with van der Waals surface area (Å²) >= 11 is 3.43. The van der Waals surface area contributed by atoms with Gasteiger partial charge in [-0.3, -0.25) is 0 Å². The molecule has 0 saturated heterocycles. The highest BCUT2D eigenvalue weighted by atomic mass is 79.9. The summed E-state index contributed by atoms with van der Waals surface area (Å²) in [6, 6.07) is 8.12. The molecule has 0 bridgehead atoms. The van der Waals surface area contributed by atoms with Crippen molar-refractivity contribution < 1.29 is 0 Å². The Morgan fingerprint density at radius 1 is 1.38 bits per heavy atom. The lowest BCUT2D eigenvalue weighted by atomic mass is 10.2. The third kappa shape index (κ3) is 1.80. The Morgan fingerprint density at radius 2 is 2.23 bits per heavy atom. The van der Waals surface area contributed by atoms with E-state index in [4.69, 9.17) is 0 Å². The highest BCUT2D eigenvalue weighted by molar-refractivity contribution is 9.10. The van der Waals surface area contributed by atoms with Crippen molar-refractivity contribution in [1.82, 2.24) is 9.55 Å². The monoisotopic (exact) mass is 236 g/mol. The highest BCUT2D eigenvalue weighted by Crippen LogP contribution is 2.20. The molecule has 0 aliphatic carbocycles. The molecular weight excluding hydrogens is 228 g/mol. The van der Waals surface area contributed by atoms with E-state index in [0.717, 1.165) is 15.7 Å². The van der Waals surface area contributed by atoms with Gasteiger partial charge in [-0.1, -0.05) is 28.1 Å². The molecule has 0 spiro atoms. The zero-order valence-electron chi connectivity index (χ0n) is 7.24. The third-order valence-corrected chi connectivity index (χ3v) is 2.32. The fraction of sp³-hybridized carbons (Fsp3) is 0.100. The molecule has 1 aromatic carbocycles. The lowest BCUT2D eigenvalue weighted by molar-refractivity contribution is 0.913. The van der Waals surface area contributed by atoms with E-state index in [9.17, 15) is 0 Å². The van der Waals surface area contributed by atoms with Gasteiger partial charge >= 0.3 is 0 Å². The first kappa shape index (κ1) is 8.51. The number of aromatic nitrogens is 2. The molecule has 1 aromatic heterocycles. The Hall–Kier alpha value is -1.09. The molecule has 0 saturated carbocycles. The Kier molecular flexibility index (Phi) is 2.19. The van der Waals surface area contributed by atoms with E-state index in [1.807, 2.05) is 36.0 Å². The summed E-state index contributed by atoms with van der Waals surface area (Å²) in [5.74, 6) is 0. The summed E-state index contributed by atoms with van der Waals surface area (Å²) in [6.45, 7) is 0. The Labute approximate surface area is 85.4 Å². The largest absolute Gasteiger partial charge is 0.340 e. The van der Waals surface area contributed by atoms with E-state index in [-0.39, 0.29) is 0 Å². The van der Waals surface area contributed by atoms with Crippen LogP contribution in [-0.4, -0.2) is 9.55 Å². The van der Waals surface area contributed by atoms with E-state index < -0.39 is 0 Å². The number of aryl methyl sites for hydroxylation is 1. The summed E-state index contributed by atoms with van der Waals surface area (Å²) < 4.78 is 3.02.